The van der Waals surface area contributed by atoms with E-state index in [2.05, 4.69) is 5.32 Å². The molecule has 0 bridgehead atoms. The van der Waals surface area contributed by atoms with Crippen LogP contribution in [0.3, 0.4) is 0 Å². The largest absolute Gasteiger partial charge is 0.465 e. The zero-order valence-electron chi connectivity index (χ0n) is 19.7. The molecule has 0 unspecified atom stereocenters. The lowest BCUT2D eigenvalue weighted by molar-refractivity contribution is -0.128. The average molecular weight is 444 g/mol. The fourth-order valence-corrected chi connectivity index (χ4v) is 4.06. The summed E-state index contributed by atoms with van der Waals surface area (Å²) < 4.78 is 0. The number of carbonyl (C=O) groups is 3. The minimum atomic E-state index is -1.14. The highest BCUT2D eigenvalue weighted by atomic mass is 16.4. The molecule has 1 saturated heterocycles. The molecule has 2 atom stereocenters. The lowest BCUT2D eigenvalue weighted by Gasteiger charge is -2.37. The van der Waals surface area contributed by atoms with Gasteiger partial charge in [-0.2, -0.15) is 0 Å². The molecule has 1 aliphatic heterocycles. The van der Waals surface area contributed by atoms with Crippen molar-refractivity contribution in [2.24, 2.45) is 0 Å². The van der Waals surface area contributed by atoms with Crippen molar-refractivity contribution in [1.29, 1.82) is 0 Å². The van der Waals surface area contributed by atoms with Gasteiger partial charge in [-0.1, -0.05) is 36.4 Å². The Labute approximate surface area is 191 Å². The number of likely N-dealkylation sites (tertiary alicyclic amines) is 1. The van der Waals surface area contributed by atoms with E-state index in [1.807, 2.05) is 35.2 Å². The van der Waals surface area contributed by atoms with Gasteiger partial charge in [-0.15, -0.1) is 0 Å². The van der Waals surface area contributed by atoms with E-state index in [4.69, 9.17) is 0 Å². The van der Waals surface area contributed by atoms with Crippen molar-refractivity contribution in [2.75, 3.05) is 13.1 Å². The van der Waals surface area contributed by atoms with Crippen LogP contribution in [-0.2, 0) is 16.0 Å². The monoisotopic (exact) mass is 443 g/mol. The van der Waals surface area contributed by atoms with E-state index in [1.165, 1.54) is 0 Å². The third-order valence-corrected chi connectivity index (χ3v) is 5.75. The zero-order valence-corrected chi connectivity index (χ0v) is 19.7. The molecular formula is C25H37N3O4. The van der Waals surface area contributed by atoms with E-state index in [-0.39, 0.29) is 17.9 Å². The number of rotatable bonds is 8. The molecule has 1 aromatic carbocycles. The number of nitrogens with one attached hydrogen (secondary N) is 1. The highest BCUT2D eigenvalue weighted by Gasteiger charge is 2.35. The summed E-state index contributed by atoms with van der Waals surface area (Å²) in [7, 11) is 0. The highest BCUT2D eigenvalue weighted by molar-refractivity contribution is 5.88. The SMILES string of the molecule is C[C@@H](C(=O)N[C@H](/C=C/C(=O)N1CCCCC1)CCc1ccccc1)N(C(=O)O)C(C)(C)C. The van der Waals surface area contributed by atoms with E-state index in [1.54, 1.807) is 39.8 Å². The molecule has 0 radical (unpaired) electrons. The van der Waals surface area contributed by atoms with Gasteiger partial charge in [-0.05, 0) is 65.4 Å². The van der Waals surface area contributed by atoms with E-state index in [0.29, 0.717) is 6.42 Å². The molecule has 3 amide bonds. The number of piperidine rings is 1. The summed E-state index contributed by atoms with van der Waals surface area (Å²) in [4.78, 5) is 40.3. The summed E-state index contributed by atoms with van der Waals surface area (Å²) in [5.41, 5.74) is 0.416. The number of hydrogen-bond acceptors (Lipinski definition) is 3. The van der Waals surface area contributed by atoms with Gasteiger partial charge in [-0.25, -0.2) is 4.79 Å². The molecule has 7 nitrogen and oxygen atoms in total. The third-order valence-electron chi connectivity index (χ3n) is 5.75. The van der Waals surface area contributed by atoms with Gasteiger partial charge < -0.3 is 15.3 Å². The molecular weight excluding hydrogens is 406 g/mol. The second-order valence-electron chi connectivity index (χ2n) is 9.38. The van der Waals surface area contributed by atoms with Crippen molar-refractivity contribution in [2.45, 2.75) is 77.4 Å². The highest BCUT2D eigenvalue weighted by Crippen LogP contribution is 2.18. The number of benzene rings is 1. The maximum Gasteiger partial charge on any atom is 0.408 e. The van der Waals surface area contributed by atoms with Gasteiger partial charge in [0.05, 0.1) is 0 Å². The molecule has 2 N–H and O–H groups in total. The van der Waals surface area contributed by atoms with Crippen LogP contribution in [0.1, 0.15) is 58.9 Å². The van der Waals surface area contributed by atoms with Gasteiger partial charge in [-0.3, -0.25) is 14.5 Å². The van der Waals surface area contributed by atoms with Gasteiger partial charge in [0.25, 0.3) is 0 Å². The predicted molar refractivity (Wildman–Crippen MR) is 125 cm³/mol. The van der Waals surface area contributed by atoms with Gasteiger partial charge in [0.2, 0.25) is 11.8 Å². The molecule has 2 rings (SSSR count). The molecule has 0 aliphatic carbocycles. The fourth-order valence-electron chi connectivity index (χ4n) is 4.06. The van der Waals surface area contributed by atoms with Crippen LogP contribution in [0.4, 0.5) is 4.79 Å². The number of aryl methyl sites for hydroxylation is 1. The number of carboxylic acid groups (broad SMARTS) is 1. The number of carbonyl (C=O) groups excluding carboxylic acids is 2. The molecule has 176 valence electrons. The number of amides is 3. The Bertz CT molecular complexity index is 795. The first-order chi connectivity index (χ1) is 15.1. The molecule has 1 aromatic rings. The van der Waals surface area contributed by atoms with Crippen molar-refractivity contribution in [3.05, 3.63) is 48.0 Å². The van der Waals surface area contributed by atoms with Crippen molar-refractivity contribution in [3.63, 3.8) is 0 Å². The Hall–Kier alpha value is -2.83. The van der Waals surface area contributed by atoms with Crippen molar-refractivity contribution < 1.29 is 19.5 Å². The quantitative estimate of drug-likeness (QED) is 0.598. The summed E-state index contributed by atoms with van der Waals surface area (Å²) >= 11 is 0. The first kappa shape index (κ1) is 25.4. The lowest BCUT2D eigenvalue weighted by atomic mass is 10.0. The van der Waals surface area contributed by atoms with E-state index < -0.39 is 17.7 Å². The molecule has 1 fully saturated rings. The number of nitrogens with zero attached hydrogens (tertiary/aromatic N) is 2. The Balaban J connectivity index is 2.11. The fraction of sp³-hybridized carbons (Fsp3) is 0.560. The zero-order chi connectivity index (χ0) is 23.7. The van der Waals surface area contributed by atoms with Crippen molar-refractivity contribution >= 4 is 17.9 Å². The molecule has 1 aliphatic rings. The van der Waals surface area contributed by atoms with Crippen LogP contribution in [0.25, 0.3) is 0 Å². The summed E-state index contributed by atoms with van der Waals surface area (Å²) in [5.74, 6) is -0.422. The first-order valence-electron chi connectivity index (χ1n) is 11.4. The van der Waals surface area contributed by atoms with E-state index >= 15 is 0 Å². The average Bonchev–Trinajstić information content (AvgIpc) is 2.75. The smallest absolute Gasteiger partial charge is 0.408 e. The molecule has 0 saturated carbocycles. The predicted octanol–water partition coefficient (Wildman–Crippen LogP) is 3.84. The van der Waals surface area contributed by atoms with Crippen LogP contribution >= 0.6 is 0 Å². The van der Waals surface area contributed by atoms with Crippen LogP contribution < -0.4 is 5.32 Å². The van der Waals surface area contributed by atoms with Crippen LogP contribution in [0.15, 0.2) is 42.5 Å². The third kappa shape index (κ3) is 7.70. The molecule has 0 aromatic heterocycles. The van der Waals surface area contributed by atoms with Gasteiger partial charge >= 0.3 is 6.09 Å². The Kier molecular flexibility index (Phi) is 9.29. The second kappa shape index (κ2) is 11.7. The lowest BCUT2D eigenvalue weighted by Crippen LogP contribution is -2.56. The summed E-state index contributed by atoms with van der Waals surface area (Å²) in [6.45, 7) is 8.39. The topological polar surface area (TPSA) is 90.0 Å². The summed E-state index contributed by atoms with van der Waals surface area (Å²) in [6, 6.07) is 8.69. The normalized spacial score (nSPS) is 16.4. The Morgan fingerprint density at radius 1 is 1.12 bits per heavy atom. The van der Waals surface area contributed by atoms with Crippen molar-refractivity contribution in [3.8, 4) is 0 Å². The first-order valence-corrected chi connectivity index (χ1v) is 11.4. The van der Waals surface area contributed by atoms with Crippen LogP contribution in [-0.4, -0.2) is 63.5 Å². The van der Waals surface area contributed by atoms with Crippen LogP contribution in [0.2, 0.25) is 0 Å². The Morgan fingerprint density at radius 3 is 2.31 bits per heavy atom. The minimum absolute atomic E-state index is 0.0430. The molecule has 32 heavy (non-hydrogen) atoms. The van der Waals surface area contributed by atoms with E-state index in [9.17, 15) is 19.5 Å². The van der Waals surface area contributed by atoms with Gasteiger partial charge in [0.15, 0.2) is 0 Å². The maximum absolute atomic E-state index is 13.0. The minimum Gasteiger partial charge on any atom is -0.465 e. The Morgan fingerprint density at radius 2 is 1.75 bits per heavy atom. The molecule has 0 spiro atoms. The summed E-state index contributed by atoms with van der Waals surface area (Å²) in [5, 5.41) is 12.6. The second-order valence-corrected chi connectivity index (χ2v) is 9.38. The van der Waals surface area contributed by atoms with Crippen LogP contribution in [0.5, 0.6) is 0 Å². The standard InChI is InChI=1S/C25H37N3O4/c1-19(28(24(31)32)25(2,3)4)23(30)26-21(14-13-20-11-7-5-8-12-20)15-16-22(29)27-17-9-6-10-18-27/h5,7-8,11-12,15-16,19,21H,6,9-10,13-14,17-18H2,1-4H3,(H,26,30)(H,31,32)/b16-15+/t19-,21-/m0/s1. The number of hydrogen-bond donors (Lipinski definition) is 2. The van der Waals surface area contributed by atoms with Gasteiger partial charge in [0.1, 0.15) is 6.04 Å². The summed E-state index contributed by atoms with van der Waals surface area (Å²) in [6.07, 6.45) is 6.66. The molecule has 1 heterocycles. The maximum atomic E-state index is 13.0. The van der Waals surface area contributed by atoms with Crippen molar-refractivity contribution in [1.82, 2.24) is 15.1 Å². The molecule has 7 heteroatoms. The van der Waals surface area contributed by atoms with Gasteiger partial charge in [0, 0.05) is 30.7 Å². The van der Waals surface area contributed by atoms with Crippen LogP contribution in [0, 0.1) is 0 Å². The van der Waals surface area contributed by atoms with E-state index in [0.717, 1.165) is 49.2 Å².